The minimum absolute atomic E-state index is 0. The van der Waals surface area contributed by atoms with Crippen molar-refractivity contribution in [2.24, 2.45) is 0 Å². The third kappa shape index (κ3) is 5.42. The van der Waals surface area contributed by atoms with Gasteiger partial charge in [-0.2, -0.15) is 13.2 Å². The Bertz CT molecular complexity index is 1460. The second kappa shape index (κ2) is 10.9. The van der Waals surface area contributed by atoms with E-state index in [0.717, 1.165) is 28.5 Å². The molecule has 1 aliphatic rings. The van der Waals surface area contributed by atoms with Crippen LogP contribution < -0.4 is 15.0 Å². The van der Waals surface area contributed by atoms with Crippen molar-refractivity contribution in [1.29, 1.82) is 0 Å². The Morgan fingerprint density at radius 3 is 2.53 bits per heavy atom. The van der Waals surface area contributed by atoms with Crippen LogP contribution in [0.15, 0.2) is 84.9 Å². The molecule has 2 atom stereocenters. The number of halogens is 4. The number of carboxylic acid groups (broad SMARTS) is 1. The largest absolute Gasteiger partial charge is 0.485 e. The van der Waals surface area contributed by atoms with Crippen LogP contribution >= 0.6 is 12.4 Å². The van der Waals surface area contributed by atoms with Crippen molar-refractivity contribution in [3.8, 4) is 5.75 Å². The molecule has 198 valence electrons. The maximum absolute atomic E-state index is 13.4. The lowest BCUT2D eigenvalue weighted by molar-refractivity contribution is -0.138. The lowest BCUT2D eigenvalue weighted by Gasteiger charge is -2.37. The van der Waals surface area contributed by atoms with Gasteiger partial charge in [0.25, 0.3) is 0 Å². The number of nitrogens with zero attached hydrogens (tertiary/aromatic N) is 1. The number of alkyl halides is 3. The molecule has 0 saturated carbocycles. The zero-order valence-corrected chi connectivity index (χ0v) is 21.2. The first-order valence-corrected chi connectivity index (χ1v) is 11.9. The van der Waals surface area contributed by atoms with E-state index in [1.54, 1.807) is 23.1 Å². The van der Waals surface area contributed by atoms with E-state index in [2.05, 4.69) is 36.5 Å². The molecule has 4 aromatic rings. The SMILES string of the molecule is C[C@@H](NCC1CN(c2ccc(C(F)(F)F)c(C(=O)O)c2)c2ccccc2O1)c1cccc2ccccc12.Cl. The summed E-state index contributed by atoms with van der Waals surface area (Å²) < 4.78 is 46.4. The Morgan fingerprint density at radius 1 is 1.05 bits per heavy atom. The van der Waals surface area contributed by atoms with Crippen LogP contribution in [0.2, 0.25) is 0 Å². The molecule has 0 amide bonds. The molecule has 0 spiro atoms. The number of ether oxygens (including phenoxy) is 1. The number of nitrogens with one attached hydrogen (secondary N) is 1. The average molecular weight is 543 g/mol. The molecule has 0 bridgehead atoms. The van der Waals surface area contributed by atoms with E-state index in [-0.39, 0.29) is 24.6 Å². The maximum atomic E-state index is 13.4. The van der Waals surface area contributed by atoms with Gasteiger partial charge >= 0.3 is 12.1 Å². The van der Waals surface area contributed by atoms with Gasteiger partial charge in [0.15, 0.2) is 0 Å². The second-order valence-electron chi connectivity index (χ2n) is 9.05. The first-order chi connectivity index (χ1) is 17.7. The van der Waals surface area contributed by atoms with Gasteiger partial charge in [0.1, 0.15) is 11.9 Å². The summed E-state index contributed by atoms with van der Waals surface area (Å²) in [6, 6.07) is 24.8. The fraction of sp³-hybridized carbons (Fsp3) is 0.207. The lowest BCUT2D eigenvalue weighted by Crippen LogP contribution is -2.44. The molecule has 2 N–H and O–H groups in total. The van der Waals surface area contributed by atoms with Crippen molar-refractivity contribution in [2.45, 2.75) is 25.2 Å². The minimum atomic E-state index is -4.76. The fourth-order valence-electron chi connectivity index (χ4n) is 4.82. The molecule has 1 unspecified atom stereocenters. The summed E-state index contributed by atoms with van der Waals surface area (Å²) in [5.74, 6) is -1.05. The number of hydrogen-bond donors (Lipinski definition) is 2. The Kier molecular flexibility index (Phi) is 7.85. The quantitative estimate of drug-likeness (QED) is 0.269. The standard InChI is InChI=1S/C29H25F3N2O3.ClH/c1-18(22-10-6-8-19-7-2-3-9-23(19)22)33-16-21-17-34(26-11-4-5-12-27(26)37-21)20-13-14-25(29(30,31)32)24(15-20)28(35)36;/h2-15,18,21,33H,16-17H2,1H3,(H,35,36);1H/t18-,21?;/m1./s1. The monoisotopic (exact) mass is 542 g/mol. The van der Waals surface area contributed by atoms with Gasteiger partial charge in [-0.25, -0.2) is 4.79 Å². The van der Waals surface area contributed by atoms with E-state index >= 15 is 0 Å². The van der Waals surface area contributed by atoms with Crippen molar-refractivity contribution in [3.63, 3.8) is 0 Å². The first kappa shape index (κ1) is 27.3. The molecule has 0 radical (unpaired) electrons. The van der Waals surface area contributed by atoms with E-state index in [1.807, 2.05) is 24.3 Å². The summed E-state index contributed by atoms with van der Waals surface area (Å²) in [6.07, 6.45) is -5.10. The smallest absolute Gasteiger partial charge is 0.417 e. The molecule has 38 heavy (non-hydrogen) atoms. The first-order valence-electron chi connectivity index (χ1n) is 11.9. The Morgan fingerprint density at radius 2 is 1.76 bits per heavy atom. The van der Waals surface area contributed by atoms with Crippen LogP contribution in [-0.2, 0) is 6.18 Å². The third-order valence-electron chi connectivity index (χ3n) is 6.63. The van der Waals surface area contributed by atoms with Gasteiger partial charge in [-0.3, -0.25) is 0 Å². The Labute approximate surface area is 224 Å². The number of fused-ring (bicyclic) bond motifs is 2. The number of para-hydroxylation sites is 2. The Hall–Kier alpha value is -3.75. The normalized spacial score (nSPS) is 15.8. The topological polar surface area (TPSA) is 61.8 Å². The van der Waals surface area contributed by atoms with Crippen LogP contribution in [-0.4, -0.2) is 30.3 Å². The van der Waals surface area contributed by atoms with Crippen molar-refractivity contribution < 1.29 is 27.8 Å². The highest BCUT2D eigenvalue weighted by Gasteiger charge is 2.36. The summed E-state index contributed by atoms with van der Waals surface area (Å²) in [6.45, 7) is 2.88. The number of aromatic carboxylic acids is 1. The van der Waals surface area contributed by atoms with E-state index in [1.165, 1.54) is 6.07 Å². The number of rotatable bonds is 6. The third-order valence-corrected chi connectivity index (χ3v) is 6.63. The molecular formula is C29H26ClF3N2O3. The van der Waals surface area contributed by atoms with Crippen LogP contribution in [0.5, 0.6) is 5.75 Å². The van der Waals surface area contributed by atoms with Gasteiger partial charge in [-0.15, -0.1) is 12.4 Å². The number of hydrogen-bond acceptors (Lipinski definition) is 4. The number of carbonyl (C=O) groups is 1. The Balaban J connectivity index is 0.00000336. The summed E-state index contributed by atoms with van der Waals surface area (Å²) >= 11 is 0. The maximum Gasteiger partial charge on any atom is 0.417 e. The van der Waals surface area contributed by atoms with E-state index in [9.17, 15) is 23.1 Å². The van der Waals surface area contributed by atoms with Crippen LogP contribution in [0.3, 0.4) is 0 Å². The fourth-order valence-corrected chi connectivity index (χ4v) is 4.82. The summed E-state index contributed by atoms with van der Waals surface area (Å²) in [5.41, 5.74) is 0.214. The van der Waals surface area contributed by atoms with Crippen molar-refractivity contribution in [2.75, 3.05) is 18.0 Å². The summed E-state index contributed by atoms with van der Waals surface area (Å²) in [4.78, 5) is 13.5. The highest BCUT2D eigenvalue weighted by Crippen LogP contribution is 2.40. The van der Waals surface area contributed by atoms with Gasteiger partial charge in [0, 0.05) is 18.3 Å². The van der Waals surface area contributed by atoms with Gasteiger partial charge in [-0.05, 0) is 53.6 Å². The molecule has 0 aromatic heterocycles. The second-order valence-corrected chi connectivity index (χ2v) is 9.05. The van der Waals surface area contributed by atoms with Gasteiger partial charge in [0.2, 0.25) is 0 Å². The molecule has 5 nitrogen and oxygen atoms in total. The molecule has 9 heteroatoms. The van der Waals surface area contributed by atoms with Gasteiger partial charge in [-0.1, -0.05) is 54.6 Å². The predicted octanol–water partition coefficient (Wildman–Crippen LogP) is 7.23. The van der Waals surface area contributed by atoms with Crippen molar-refractivity contribution in [3.05, 3.63) is 102 Å². The molecular weight excluding hydrogens is 517 g/mol. The summed E-state index contributed by atoms with van der Waals surface area (Å²) in [7, 11) is 0. The number of carboxylic acids is 1. The minimum Gasteiger partial charge on any atom is -0.485 e. The summed E-state index contributed by atoms with van der Waals surface area (Å²) in [5, 5.41) is 15.3. The highest BCUT2D eigenvalue weighted by atomic mass is 35.5. The van der Waals surface area contributed by atoms with Gasteiger partial charge < -0.3 is 20.1 Å². The van der Waals surface area contributed by atoms with Crippen LogP contribution in [0.1, 0.15) is 34.5 Å². The molecule has 1 aliphatic heterocycles. The zero-order valence-electron chi connectivity index (χ0n) is 20.4. The van der Waals surface area contributed by atoms with Crippen LogP contribution in [0.4, 0.5) is 24.5 Å². The van der Waals surface area contributed by atoms with Crippen LogP contribution in [0.25, 0.3) is 10.8 Å². The number of anilines is 2. The van der Waals surface area contributed by atoms with Gasteiger partial charge in [0.05, 0.1) is 23.4 Å². The lowest BCUT2D eigenvalue weighted by atomic mass is 9.99. The molecule has 0 aliphatic carbocycles. The predicted molar refractivity (Wildman–Crippen MR) is 144 cm³/mol. The molecule has 0 fully saturated rings. The number of benzene rings is 4. The van der Waals surface area contributed by atoms with E-state index in [4.69, 9.17) is 4.74 Å². The molecule has 0 saturated heterocycles. The van der Waals surface area contributed by atoms with E-state index < -0.39 is 23.3 Å². The van der Waals surface area contributed by atoms with Crippen LogP contribution in [0, 0.1) is 0 Å². The molecule has 4 aromatic carbocycles. The van der Waals surface area contributed by atoms with Crippen molar-refractivity contribution >= 4 is 40.5 Å². The highest BCUT2D eigenvalue weighted by molar-refractivity contribution is 5.91. The van der Waals surface area contributed by atoms with E-state index in [0.29, 0.717) is 30.2 Å². The zero-order chi connectivity index (χ0) is 26.2. The molecule has 5 rings (SSSR count). The van der Waals surface area contributed by atoms with Crippen molar-refractivity contribution in [1.82, 2.24) is 5.32 Å². The average Bonchev–Trinajstić information content (AvgIpc) is 2.90. The molecule has 1 heterocycles.